The molecule has 3 rings (SSSR count). The van der Waals surface area contributed by atoms with E-state index in [0.29, 0.717) is 0 Å². The van der Waals surface area contributed by atoms with Crippen molar-refractivity contribution in [2.45, 2.75) is 99.0 Å². The van der Waals surface area contributed by atoms with Crippen LogP contribution in [0.4, 0.5) is 0 Å². The molecule has 0 aromatic rings. The molecule has 0 aromatic carbocycles. The third kappa shape index (κ3) is 6.55. The molecule has 0 aliphatic carbocycles. The van der Waals surface area contributed by atoms with Crippen molar-refractivity contribution in [1.82, 2.24) is 5.32 Å². The van der Waals surface area contributed by atoms with E-state index in [1.54, 1.807) is 0 Å². The lowest BCUT2D eigenvalue weighted by Gasteiger charge is -2.47. The van der Waals surface area contributed by atoms with Crippen LogP contribution in [0.2, 0.25) is 0 Å². The Morgan fingerprint density at radius 2 is 1.24 bits per heavy atom. The monoisotopic (exact) mass is 545 g/mol. The molecule has 0 spiro atoms. The minimum atomic E-state index is -1.86. The van der Waals surface area contributed by atoms with Gasteiger partial charge in [-0.1, -0.05) is 0 Å². The van der Waals surface area contributed by atoms with Crippen LogP contribution >= 0.6 is 0 Å². The van der Waals surface area contributed by atoms with E-state index in [9.17, 15) is 55.9 Å². The van der Waals surface area contributed by atoms with Crippen LogP contribution in [0.1, 0.15) is 6.92 Å². The molecule has 15 atom stereocenters. The molecule has 17 heteroatoms. The molecule has 11 N–H and O–H groups in total. The van der Waals surface area contributed by atoms with E-state index in [1.807, 2.05) is 0 Å². The predicted octanol–water partition coefficient (Wildman–Crippen LogP) is -7.43. The predicted molar refractivity (Wildman–Crippen MR) is 113 cm³/mol. The van der Waals surface area contributed by atoms with Gasteiger partial charge in [-0.05, 0) is 0 Å². The molecule has 3 aliphatic rings. The molecule has 0 unspecified atom stereocenters. The Morgan fingerprint density at radius 3 is 1.81 bits per heavy atom. The summed E-state index contributed by atoms with van der Waals surface area (Å²) in [5.41, 5.74) is 0. The van der Waals surface area contributed by atoms with Crippen molar-refractivity contribution in [3.63, 3.8) is 0 Å². The molecule has 37 heavy (non-hydrogen) atoms. The third-order valence-corrected chi connectivity index (χ3v) is 6.48. The summed E-state index contributed by atoms with van der Waals surface area (Å²) in [7, 11) is 0. The number of aliphatic hydroxyl groups excluding tert-OH is 10. The van der Waals surface area contributed by atoms with Gasteiger partial charge in [-0.2, -0.15) is 0 Å². The fourth-order valence-electron chi connectivity index (χ4n) is 4.34. The molecule has 216 valence electrons. The first-order chi connectivity index (χ1) is 17.4. The largest absolute Gasteiger partial charge is 0.394 e. The molecule has 0 radical (unpaired) electrons. The van der Waals surface area contributed by atoms with Crippen molar-refractivity contribution in [3.8, 4) is 0 Å². The van der Waals surface area contributed by atoms with Gasteiger partial charge < -0.3 is 80.1 Å². The maximum atomic E-state index is 11.7. The Hall–Kier alpha value is -1.13. The number of ether oxygens (including phenoxy) is 5. The molecule has 3 aliphatic heterocycles. The van der Waals surface area contributed by atoms with E-state index >= 15 is 0 Å². The van der Waals surface area contributed by atoms with E-state index in [0.717, 1.165) is 6.92 Å². The molecule has 1 amide bonds. The number of aliphatic hydroxyl groups is 10. The van der Waals surface area contributed by atoms with Gasteiger partial charge in [0.15, 0.2) is 18.9 Å². The minimum absolute atomic E-state index is 0.616. The van der Waals surface area contributed by atoms with Crippen LogP contribution < -0.4 is 5.32 Å². The minimum Gasteiger partial charge on any atom is -0.394 e. The highest BCUT2D eigenvalue weighted by Crippen LogP contribution is 2.30. The highest BCUT2D eigenvalue weighted by atomic mass is 16.8. The summed E-state index contributed by atoms with van der Waals surface area (Å²) in [4.78, 5) is 11.7. The van der Waals surface area contributed by atoms with Crippen LogP contribution in [0.3, 0.4) is 0 Å². The van der Waals surface area contributed by atoms with E-state index in [4.69, 9.17) is 23.7 Å². The van der Waals surface area contributed by atoms with Crippen molar-refractivity contribution < 1.29 is 79.5 Å². The topological polar surface area (TPSA) is 278 Å². The van der Waals surface area contributed by atoms with Crippen LogP contribution in [-0.4, -0.2) is 169 Å². The number of rotatable bonds is 8. The second kappa shape index (κ2) is 12.8. The van der Waals surface area contributed by atoms with Crippen molar-refractivity contribution in [2.24, 2.45) is 0 Å². The quantitative estimate of drug-likeness (QED) is 0.135. The van der Waals surface area contributed by atoms with Crippen molar-refractivity contribution in [3.05, 3.63) is 0 Å². The highest BCUT2D eigenvalue weighted by Gasteiger charge is 2.52. The number of carbonyl (C=O) groups is 1. The summed E-state index contributed by atoms with van der Waals surface area (Å²) < 4.78 is 27.2. The standard InChI is InChI=1S/C20H35NO16/c1-5(24)21-9-13(28)10(25)6(2-22)35-19(9)37-17-15(30)11(26)7(3-23)36-20(17)33-4-8-12(27)14(29)16(31)18(32)34-8/h6-20,22-23,25-32H,2-4H2,1H3,(H,21,24)/t6-,7-,8-,9-,10+,11-,12-,13-,14+,15+,16-,17+,18-,19+,20+/m1/s1. The maximum absolute atomic E-state index is 11.7. The molecule has 3 fully saturated rings. The first kappa shape index (κ1) is 30.4. The van der Waals surface area contributed by atoms with E-state index in [1.165, 1.54) is 0 Å². The van der Waals surface area contributed by atoms with Crippen molar-refractivity contribution >= 4 is 5.91 Å². The average Bonchev–Trinajstić information content (AvgIpc) is 2.86. The second-order valence-corrected chi connectivity index (χ2v) is 9.11. The first-order valence-corrected chi connectivity index (χ1v) is 11.6. The van der Waals surface area contributed by atoms with Gasteiger partial charge in [0.2, 0.25) is 5.91 Å². The highest BCUT2D eigenvalue weighted by molar-refractivity contribution is 5.73. The maximum Gasteiger partial charge on any atom is 0.217 e. The Bertz CT molecular complexity index is 747. The third-order valence-electron chi connectivity index (χ3n) is 6.48. The fourth-order valence-corrected chi connectivity index (χ4v) is 4.34. The second-order valence-electron chi connectivity index (χ2n) is 9.11. The lowest BCUT2D eigenvalue weighted by Crippen LogP contribution is -2.67. The van der Waals surface area contributed by atoms with Gasteiger partial charge in [0.1, 0.15) is 73.2 Å². The molecule has 0 aromatic heterocycles. The van der Waals surface area contributed by atoms with Gasteiger partial charge in [0.25, 0.3) is 0 Å². The SMILES string of the molecule is CC(=O)N[C@H]1[C@H](O[C@@H]2[C@@H](OC[C@H]3O[C@@H](O)[C@H](O)[C@@H](O)[C@@H]3O)O[C@H](CO)[C@@H](O)[C@@H]2O)O[C@H](CO)[C@H](O)[C@@H]1O. The zero-order valence-electron chi connectivity index (χ0n) is 19.7. The normalized spacial score (nSPS) is 49.0. The Balaban J connectivity index is 1.80. The molecule has 3 saturated heterocycles. The summed E-state index contributed by atoms with van der Waals surface area (Å²) in [5, 5.41) is 102. The van der Waals surface area contributed by atoms with Crippen LogP contribution in [0.25, 0.3) is 0 Å². The summed E-state index contributed by atoms with van der Waals surface area (Å²) in [6.07, 6.45) is -23.0. The molecule has 3 heterocycles. The summed E-state index contributed by atoms with van der Waals surface area (Å²) in [6.45, 7) is -1.02. The van der Waals surface area contributed by atoms with Crippen molar-refractivity contribution in [1.29, 1.82) is 0 Å². The van der Waals surface area contributed by atoms with E-state index in [-0.39, 0.29) is 0 Å². The summed E-state index contributed by atoms with van der Waals surface area (Å²) >= 11 is 0. The molecule has 17 nitrogen and oxygen atoms in total. The Kier molecular flexibility index (Phi) is 10.5. The van der Waals surface area contributed by atoms with Gasteiger partial charge in [-0.25, -0.2) is 0 Å². The zero-order chi connectivity index (χ0) is 27.6. The number of hydrogen-bond acceptors (Lipinski definition) is 16. The summed E-state index contributed by atoms with van der Waals surface area (Å²) in [5.74, 6) is -0.646. The van der Waals surface area contributed by atoms with Crippen LogP contribution in [0.15, 0.2) is 0 Å². The van der Waals surface area contributed by atoms with Crippen LogP contribution in [0.5, 0.6) is 0 Å². The first-order valence-electron chi connectivity index (χ1n) is 11.6. The zero-order valence-corrected chi connectivity index (χ0v) is 19.7. The number of nitrogens with one attached hydrogen (secondary N) is 1. The summed E-state index contributed by atoms with van der Waals surface area (Å²) in [6, 6.07) is -1.41. The van der Waals surface area contributed by atoms with Gasteiger partial charge >= 0.3 is 0 Å². The fraction of sp³-hybridized carbons (Fsp3) is 0.950. The molecule has 0 saturated carbocycles. The lowest BCUT2D eigenvalue weighted by atomic mass is 9.95. The molecular weight excluding hydrogens is 510 g/mol. The van der Waals surface area contributed by atoms with Crippen molar-refractivity contribution in [2.75, 3.05) is 19.8 Å². The smallest absolute Gasteiger partial charge is 0.217 e. The Morgan fingerprint density at radius 1 is 0.703 bits per heavy atom. The van der Waals surface area contributed by atoms with E-state index < -0.39 is 118 Å². The number of amides is 1. The lowest BCUT2D eigenvalue weighted by molar-refractivity contribution is -0.362. The van der Waals surface area contributed by atoms with Gasteiger partial charge in [-0.3, -0.25) is 4.79 Å². The van der Waals surface area contributed by atoms with Gasteiger partial charge in [0, 0.05) is 6.92 Å². The van der Waals surface area contributed by atoms with E-state index in [2.05, 4.69) is 5.32 Å². The van der Waals surface area contributed by atoms with Crippen LogP contribution in [0, 0.1) is 0 Å². The Labute approximate surface area is 210 Å². The molecule has 0 bridgehead atoms. The molecular formula is C20H35NO16. The van der Waals surface area contributed by atoms with Crippen LogP contribution in [-0.2, 0) is 28.5 Å². The van der Waals surface area contributed by atoms with Gasteiger partial charge in [-0.15, -0.1) is 0 Å². The van der Waals surface area contributed by atoms with Gasteiger partial charge in [0.05, 0.1) is 19.8 Å². The number of hydrogen-bond donors (Lipinski definition) is 11. The average molecular weight is 545 g/mol. The number of carbonyl (C=O) groups excluding carboxylic acids is 1.